The van der Waals surface area contributed by atoms with Crippen LogP contribution in [0.2, 0.25) is 5.02 Å². The smallest absolute Gasteiger partial charge is 0.316 e. The highest BCUT2D eigenvalue weighted by molar-refractivity contribution is 14.1. The Morgan fingerprint density at radius 1 is 1.05 bits per heavy atom. The van der Waals surface area contributed by atoms with Gasteiger partial charge in [0, 0.05) is 20.5 Å². The summed E-state index contributed by atoms with van der Waals surface area (Å²) in [5.41, 5.74) is 6.60. The summed E-state index contributed by atoms with van der Waals surface area (Å²) in [7, 11) is 0. The number of carbonyl (C=O) groups is 2. The standard InChI is InChI=1S/C14H11ClIN3O2/c15-11-5-4-8(6-12(11)16)13(20)18-9-2-1-3-10(7-9)19-14(17)21/h1-7H,(H,18,20)(H3,17,19,21). The summed E-state index contributed by atoms with van der Waals surface area (Å²) in [4.78, 5) is 22.9. The Bertz CT molecular complexity index is 706. The first kappa shape index (κ1) is 15.6. The minimum atomic E-state index is -0.661. The van der Waals surface area contributed by atoms with Crippen molar-refractivity contribution in [3.05, 3.63) is 56.6 Å². The number of halogens is 2. The van der Waals surface area contributed by atoms with Crippen molar-refractivity contribution in [1.29, 1.82) is 0 Å². The van der Waals surface area contributed by atoms with Gasteiger partial charge < -0.3 is 16.4 Å². The summed E-state index contributed by atoms with van der Waals surface area (Å²) in [5.74, 6) is -0.263. The Kier molecular flexibility index (Phi) is 5.03. The van der Waals surface area contributed by atoms with Crippen LogP contribution in [0.4, 0.5) is 16.2 Å². The van der Waals surface area contributed by atoms with E-state index in [0.717, 1.165) is 3.57 Å². The highest BCUT2D eigenvalue weighted by Crippen LogP contribution is 2.21. The maximum Gasteiger partial charge on any atom is 0.316 e. The van der Waals surface area contributed by atoms with Crippen molar-refractivity contribution < 1.29 is 9.59 Å². The van der Waals surface area contributed by atoms with E-state index in [4.69, 9.17) is 17.3 Å². The molecule has 0 aliphatic carbocycles. The van der Waals surface area contributed by atoms with Crippen molar-refractivity contribution in [2.24, 2.45) is 5.73 Å². The monoisotopic (exact) mass is 415 g/mol. The van der Waals surface area contributed by atoms with Gasteiger partial charge in [0.2, 0.25) is 0 Å². The molecule has 0 aromatic heterocycles. The molecular weight excluding hydrogens is 405 g/mol. The molecule has 4 N–H and O–H groups in total. The van der Waals surface area contributed by atoms with Gasteiger partial charge in [0.1, 0.15) is 0 Å². The number of amides is 3. The number of carbonyl (C=O) groups excluding carboxylic acids is 2. The third-order valence-electron chi connectivity index (χ3n) is 2.57. The molecule has 0 saturated carbocycles. The number of primary amides is 1. The highest BCUT2D eigenvalue weighted by Gasteiger charge is 2.08. The van der Waals surface area contributed by atoms with Crippen LogP contribution in [0.1, 0.15) is 10.4 Å². The van der Waals surface area contributed by atoms with E-state index in [1.165, 1.54) is 0 Å². The lowest BCUT2D eigenvalue weighted by Gasteiger charge is -2.08. The summed E-state index contributed by atoms with van der Waals surface area (Å²) in [6, 6.07) is 11.1. The molecule has 5 nitrogen and oxygen atoms in total. The number of nitrogens with two attached hydrogens (primary N) is 1. The van der Waals surface area contributed by atoms with Gasteiger partial charge in [-0.25, -0.2) is 4.79 Å². The van der Waals surface area contributed by atoms with Gasteiger partial charge in [-0.05, 0) is 59.0 Å². The molecule has 0 unspecified atom stereocenters. The minimum absolute atomic E-state index is 0.263. The SMILES string of the molecule is NC(=O)Nc1cccc(NC(=O)c2ccc(Cl)c(I)c2)c1. The van der Waals surface area contributed by atoms with Crippen molar-refractivity contribution in [3.63, 3.8) is 0 Å². The number of rotatable bonds is 3. The van der Waals surface area contributed by atoms with E-state index in [9.17, 15) is 9.59 Å². The van der Waals surface area contributed by atoms with Crippen LogP contribution >= 0.6 is 34.2 Å². The molecule has 0 fully saturated rings. The molecule has 2 rings (SSSR count). The van der Waals surface area contributed by atoms with Gasteiger partial charge >= 0.3 is 6.03 Å². The second kappa shape index (κ2) is 6.77. The van der Waals surface area contributed by atoms with Crippen LogP contribution in [-0.4, -0.2) is 11.9 Å². The lowest BCUT2D eigenvalue weighted by atomic mass is 10.2. The first-order valence-corrected chi connectivity index (χ1v) is 7.34. The molecule has 2 aromatic carbocycles. The van der Waals surface area contributed by atoms with Crippen LogP contribution in [0.3, 0.4) is 0 Å². The Balaban J connectivity index is 2.15. The summed E-state index contributed by atoms with van der Waals surface area (Å²) in [6.07, 6.45) is 0. The molecule has 0 bridgehead atoms. The van der Waals surface area contributed by atoms with Gasteiger partial charge in [-0.2, -0.15) is 0 Å². The molecule has 0 saturated heterocycles. The number of hydrogen-bond donors (Lipinski definition) is 3. The first-order chi connectivity index (χ1) is 9.95. The number of urea groups is 1. The maximum absolute atomic E-state index is 12.1. The Morgan fingerprint density at radius 3 is 2.33 bits per heavy atom. The Morgan fingerprint density at radius 2 is 1.71 bits per heavy atom. The molecule has 0 atom stereocenters. The molecular formula is C14H11ClIN3O2. The molecule has 0 heterocycles. The largest absolute Gasteiger partial charge is 0.351 e. The molecule has 2 aromatic rings. The minimum Gasteiger partial charge on any atom is -0.351 e. The van der Waals surface area contributed by atoms with Crippen molar-refractivity contribution in [2.75, 3.05) is 10.6 Å². The summed E-state index contributed by atoms with van der Waals surface area (Å²) < 4.78 is 0.797. The van der Waals surface area contributed by atoms with E-state index in [0.29, 0.717) is 22.0 Å². The zero-order valence-electron chi connectivity index (χ0n) is 10.7. The van der Waals surface area contributed by atoms with Crippen LogP contribution in [0.15, 0.2) is 42.5 Å². The van der Waals surface area contributed by atoms with Crippen LogP contribution in [0.5, 0.6) is 0 Å². The molecule has 0 aliphatic heterocycles. The number of benzene rings is 2. The summed E-state index contributed by atoms with van der Waals surface area (Å²) >= 11 is 7.98. The molecule has 108 valence electrons. The van der Waals surface area contributed by atoms with E-state index < -0.39 is 6.03 Å². The van der Waals surface area contributed by atoms with Gasteiger partial charge in [0.15, 0.2) is 0 Å². The number of anilines is 2. The van der Waals surface area contributed by atoms with Gasteiger partial charge in [-0.15, -0.1) is 0 Å². The van der Waals surface area contributed by atoms with Gasteiger partial charge in [-0.3, -0.25) is 4.79 Å². The van der Waals surface area contributed by atoms with E-state index in [2.05, 4.69) is 33.2 Å². The Labute approximate surface area is 140 Å². The fourth-order valence-electron chi connectivity index (χ4n) is 1.66. The fourth-order valence-corrected chi connectivity index (χ4v) is 2.29. The van der Waals surface area contributed by atoms with Crippen LogP contribution < -0.4 is 16.4 Å². The summed E-state index contributed by atoms with van der Waals surface area (Å²) in [5, 5.41) is 5.78. The zero-order chi connectivity index (χ0) is 15.4. The average molecular weight is 416 g/mol. The highest BCUT2D eigenvalue weighted by atomic mass is 127. The molecule has 7 heteroatoms. The zero-order valence-corrected chi connectivity index (χ0v) is 13.6. The molecule has 0 aliphatic rings. The van der Waals surface area contributed by atoms with E-state index >= 15 is 0 Å². The molecule has 0 spiro atoms. The fraction of sp³-hybridized carbons (Fsp3) is 0. The number of nitrogens with one attached hydrogen (secondary N) is 2. The third kappa shape index (κ3) is 4.33. The van der Waals surface area contributed by atoms with E-state index in [1.807, 2.05) is 0 Å². The van der Waals surface area contributed by atoms with Crippen molar-refractivity contribution >= 4 is 57.5 Å². The summed E-state index contributed by atoms with van der Waals surface area (Å²) in [6.45, 7) is 0. The average Bonchev–Trinajstić information content (AvgIpc) is 2.41. The predicted molar refractivity (Wildman–Crippen MR) is 91.8 cm³/mol. The second-order valence-corrected chi connectivity index (χ2v) is 5.72. The first-order valence-electron chi connectivity index (χ1n) is 5.88. The quantitative estimate of drug-likeness (QED) is 0.668. The van der Waals surface area contributed by atoms with Gasteiger partial charge in [0.05, 0.1) is 5.02 Å². The maximum atomic E-state index is 12.1. The third-order valence-corrected chi connectivity index (χ3v) is 4.11. The second-order valence-electron chi connectivity index (χ2n) is 4.15. The normalized spacial score (nSPS) is 10.0. The Hall–Kier alpha value is -1.80. The number of hydrogen-bond acceptors (Lipinski definition) is 2. The van der Waals surface area contributed by atoms with Crippen LogP contribution in [0.25, 0.3) is 0 Å². The molecule has 21 heavy (non-hydrogen) atoms. The van der Waals surface area contributed by atoms with Crippen molar-refractivity contribution in [2.45, 2.75) is 0 Å². The lowest BCUT2D eigenvalue weighted by molar-refractivity contribution is 0.102. The van der Waals surface area contributed by atoms with Crippen molar-refractivity contribution in [3.8, 4) is 0 Å². The van der Waals surface area contributed by atoms with Crippen LogP contribution in [0, 0.1) is 3.57 Å². The molecule has 3 amide bonds. The lowest BCUT2D eigenvalue weighted by Crippen LogP contribution is -2.19. The van der Waals surface area contributed by atoms with Crippen molar-refractivity contribution in [1.82, 2.24) is 0 Å². The van der Waals surface area contributed by atoms with Gasteiger partial charge in [0.25, 0.3) is 5.91 Å². The predicted octanol–water partition coefficient (Wildman–Crippen LogP) is 3.69. The van der Waals surface area contributed by atoms with E-state index in [1.54, 1.807) is 42.5 Å². The van der Waals surface area contributed by atoms with E-state index in [-0.39, 0.29) is 5.91 Å². The van der Waals surface area contributed by atoms with Crippen LogP contribution in [-0.2, 0) is 0 Å². The topological polar surface area (TPSA) is 84.2 Å². The molecule has 0 radical (unpaired) electrons. The van der Waals surface area contributed by atoms with Gasteiger partial charge in [-0.1, -0.05) is 17.7 Å².